The first-order valence-electron chi connectivity index (χ1n) is 8.21. The van der Waals surface area contributed by atoms with Crippen LogP contribution in [0.15, 0.2) is 48.5 Å². The van der Waals surface area contributed by atoms with Crippen molar-refractivity contribution in [2.75, 3.05) is 18.9 Å². The minimum absolute atomic E-state index is 0.0765. The van der Waals surface area contributed by atoms with Crippen LogP contribution in [0, 0.1) is 5.82 Å². The molecule has 0 aliphatic rings. The molecule has 0 bridgehead atoms. The average Bonchev–Trinajstić information content (AvgIpc) is 2.49. The summed E-state index contributed by atoms with van der Waals surface area (Å²) in [6.07, 6.45) is 0. The van der Waals surface area contributed by atoms with E-state index in [4.69, 9.17) is 0 Å². The number of nitrogens with one attached hydrogen (secondary N) is 2. The van der Waals surface area contributed by atoms with E-state index in [-0.39, 0.29) is 23.7 Å². The lowest BCUT2D eigenvalue weighted by atomic mass is 9.87. The Morgan fingerprint density at radius 3 is 2.29 bits per heavy atom. The number of carbonyl (C=O) groups is 1. The normalized spacial score (nSPS) is 12.7. The molecule has 1 unspecified atom stereocenters. The van der Waals surface area contributed by atoms with Crippen LogP contribution in [0.5, 0.6) is 0 Å². The van der Waals surface area contributed by atoms with Gasteiger partial charge in [-0.05, 0) is 29.2 Å². The quantitative estimate of drug-likeness (QED) is 0.869. The van der Waals surface area contributed by atoms with E-state index in [0.29, 0.717) is 12.1 Å². The summed E-state index contributed by atoms with van der Waals surface area (Å²) in [6, 6.07) is 14.6. The Balaban J connectivity index is 1.90. The molecule has 2 N–H and O–H groups in total. The predicted molar refractivity (Wildman–Crippen MR) is 95.6 cm³/mol. The fourth-order valence-corrected chi connectivity index (χ4v) is 2.56. The second-order valence-electron chi connectivity index (χ2n) is 7.28. The maximum Gasteiger partial charge on any atom is 0.279 e. The lowest BCUT2D eigenvalue weighted by molar-refractivity contribution is -0.885. The minimum Gasteiger partial charge on any atom is -0.326 e. The van der Waals surface area contributed by atoms with Crippen molar-refractivity contribution in [1.29, 1.82) is 0 Å². The van der Waals surface area contributed by atoms with Gasteiger partial charge >= 0.3 is 0 Å². The number of rotatable bonds is 5. The highest BCUT2D eigenvalue weighted by molar-refractivity contribution is 5.91. The van der Waals surface area contributed by atoms with Gasteiger partial charge in [-0.25, -0.2) is 4.39 Å². The molecule has 3 nitrogen and oxygen atoms in total. The van der Waals surface area contributed by atoms with Crippen molar-refractivity contribution in [2.45, 2.75) is 32.7 Å². The van der Waals surface area contributed by atoms with Crippen molar-refractivity contribution in [3.8, 4) is 0 Å². The number of benzene rings is 2. The summed E-state index contributed by atoms with van der Waals surface area (Å²) < 4.78 is 13.7. The summed E-state index contributed by atoms with van der Waals surface area (Å²) in [7, 11) is 1.88. The maximum atomic E-state index is 13.7. The van der Waals surface area contributed by atoms with Gasteiger partial charge in [0.1, 0.15) is 12.4 Å². The molecule has 0 aliphatic carbocycles. The van der Waals surface area contributed by atoms with Gasteiger partial charge in [-0.1, -0.05) is 51.1 Å². The van der Waals surface area contributed by atoms with Gasteiger partial charge in [0.15, 0.2) is 6.54 Å². The summed E-state index contributed by atoms with van der Waals surface area (Å²) in [5.41, 5.74) is 2.72. The van der Waals surface area contributed by atoms with E-state index >= 15 is 0 Å². The van der Waals surface area contributed by atoms with Crippen molar-refractivity contribution in [3.05, 3.63) is 65.5 Å². The molecule has 2 aromatic rings. The third-order valence-corrected chi connectivity index (χ3v) is 3.95. The topological polar surface area (TPSA) is 33.5 Å². The zero-order chi connectivity index (χ0) is 17.7. The Hall–Kier alpha value is -2.20. The van der Waals surface area contributed by atoms with Gasteiger partial charge in [-0.3, -0.25) is 4.79 Å². The van der Waals surface area contributed by atoms with E-state index in [2.05, 4.69) is 26.1 Å². The van der Waals surface area contributed by atoms with Crippen molar-refractivity contribution < 1.29 is 14.1 Å². The summed E-state index contributed by atoms with van der Waals surface area (Å²) in [5.74, 6) is -0.303. The second-order valence-corrected chi connectivity index (χ2v) is 7.28. The van der Waals surface area contributed by atoms with Gasteiger partial charge in [-0.15, -0.1) is 0 Å². The van der Waals surface area contributed by atoms with Crippen molar-refractivity contribution in [3.63, 3.8) is 0 Å². The van der Waals surface area contributed by atoms with Gasteiger partial charge < -0.3 is 10.2 Å². The van der Waals surface area contributed by atoms with E-state index < -0.39 is 0 Å². The first-order valence-corrected chi connectivity index (χ1v) is 8.21. The molecular weight excluding hydrogens is 303 g/mol. The molecule has 0 aliphatic heterocycles. The highest BCUT2D eigenvalue weighted by Gasteiger charge is 2.15. The number of quaternary nitrogens is 1. The van der Waals surface area contributed by atoms with E-state index in [9.17, 15) is 9.18 Å². The monoisotopic (exact) mass is 329 g/mol. The zero-order valence-electron chi connectivity index (χ0n) is 14.8. The summed E-state index contributed by atoms with van der Waals surface area (Å²) in [6.45, 7) is 7.23. The zero-order valence-corrected chi connectivity index (χ0v) is 14.8. The lowest BCUT2D eigenvalue weighted by Crippen LogP contribution is -3.08. The molecule has 1 amide bonds. The molecule has 24 heavy (non-hydrogen) atoms. The van der Waals surface area contributed by atoms with Crippen LogP contribution in [0.25, 0.3) is 0 Å². The molecule has 4 heteroatoms. The molecule has 0 aromatic heterocycles. The van der Waals surface area contributed by atoms with Crippen molar-refractivity contribution in [1.82, 2.24) is 0 Å². The largest absolute Gasteiger partial charge is 0.326 e. The number of likely N-dealkylation sites (N-methyl/N-ethyl adjacent to an activating group) is 1. The Morgan fingerprint density at radius 1 is 1.08 bits per heavy atom. The third-order valence-electron chi connectivity index (χ3n) is 3.95. The number of hydrogen-bond donors (Lipinski definition) is 2. The average molecular weight is 329 g/mol. The molecule has 2 rings (SSSR count). The molecule has 0 radical (unpaired) electrons. The fraction of sp³-hybridized carbons (Fsp3) is 0.350. The van der Waals surface area contributed by atoms with E-state index in [1.54, 1.807) is 12.1 Å². The molecule has 0 saturated heterocycles. The van der Waals surface area contributed by atoms with Crippen LogP contribution in [0.2, 0.25) is 0 Å². The number of amides is 1. The summed E-state index contributed by atoms with van der Waals surface area (Å²) >= 11 is 0. The Morgan fingerprint density at radius 2 is 1.71 bits per heavy atom. The Labute approximate surface area is 143 Å². The van der Waals surface area contributed by atoms with Crippen LogP contribution in [0.1, 0.15) is 31.9 Å². The number of hydrogen-bond acceptors (Lipinski definition) is 1. The lowest BCUT2D eigenvalue weighted by Gasteiger charge is -2.19. The highest BCUT2D eigenvalue weighted by Crippen LogP contribution is 2.23. The molecule has 128 valence electrons. The number of halogens is 1. The molecule has 0 saturated carbocycles. The molecule has 0 spiro atoms. The third kappa shape index (κ3) is 5.17. The molecule has 0 heterocycles. The van der Waals surface area contributed by atoms with Gasteiger partial charge in [0.25, 0.3) is 5.91 Å². The predicted octanol–water partition coefficient (Wildman–Crippen LogP) is 2.78. The van der Waals surface area contributed by atoms with Crippen LogP contribution in [0.3, 0.4) is 0 Å². The van der Waals surface area contributed by atoms with Crippen LogP contribution in [-0.2, 0) is 16.8 Å². The van der Waals surface area contributed by atoms with Crippen molar-refractivity contribution >= 4 is 11.6 Å². The van der Waals surface area contributed by atoms with Crippen LogP contribution < -0.4 is 10.2 Å². The summed E-state index contributed by atoms with van der Waals surface area (Å²) in [5, 5.41) is 2.90. The molecule has 0 fully saturated rings. The van der Waals surface area contributed by atoms with E-state index in [1.807, 2.05) is 37.4 Å². The van der Waals surface area contributed by atoms with Crippen LogP contribution >= 0.6 is 0 Å². The number of carbonyl (C=O) groups excluding carboxylic acids is 1. The first kappa shape index (κ1) is 18.1. The first-order chi connectivity index (χ1) is 11.3. The molecular formula is C20H26FN2O+. The summed E-state index contributed by atoms with van der Waals surface area (Å²) in [4.78, 5) is 13.1. The van der Waals surface area contributed by atoms with Crippen LogP contribution in [-0.4, -0.2) is 19.5 Å². The van der Waals surface area contributed by atoms with Gasteiger partial charge in [-0.2, -0.15) is 0 Å². The van der Waals surface area contributed by atoms with Gasteiger partial charge in [0, 0.05) is 11.3 Å². The molecule has 1 atom stereocenters. The maximum absolute atomic E-state index is 13.7. The van der Waals surface area contributed by atoms with E-state index in [1.165, 1.54) is 11.6 Å². The number of anilines is 1. The molecule has 2 aromatic carbocycles. The van der Waals surface area contributed by atoms with E-state index in [0.717, 1.165) is 10.6 Å². The van der Waals surface area contributed by atoms with Gasteiger partial charge in [0.05, 0.1) is 7.05 Å². The Kier molecular flexibility index (Phi) is 5.73. The SMILES string of the molecule is C[NH+](CC(=O)Nc1ccc(C(C)(C)C)cc1)Cc1ccccc1F. The smallest absolute Gasteiger partial charge is 0.279 e. The standard InChI is InChI=1S/C20H25FN2O/c1-20(2,3)16-9-11-17(12-10-16)22-19(24)14-23(4)13-15-7-5-6-8-18(15)21/h5-12H,13-14H2,1-4H3,(H,22,24)/p+1. The fourth-order valence-electron chi connectivity index (χ4n) is 2.56. The van der Waals surface area contributed by atoms with Crippen LogP contribution in [0.4, 0.5) is 10.1 Å². The Bertz CT molecular complexity index is 690. The van der Waals surface area contributed by atoms with Gasteiger partial charge in [0.2, 0.25) is 0 Å². The highest BCUT2D eigenvalue weighted by atomic mass is 19.1. The second kappa shape index (κ2) is 7.58. The minimum atomic E-state index is -0.227. The van der Waals surface area contributed by atoms with Crippen molar-refractivity contribution in [2.24, 2.45) is 0 Å².